The number of nitrogens with zero attached hydrogens (tertiary/aromatic N) is 1. The Balaban J connectivity index is 1.53. The van der Waals surface area contributed by atoms with Crippen LogP contribution in [-0.4, -0.2) is 36.5 Å². The monoisotopic (exact) mass is 734 g/mol. The van der Waals surface area contributed by atoms with Crippen LogP contribution in [0.4, 0.5) is 4.79 Å². The second-order valence-electron chi connectivity index (χ2n) is 8.77. The van der Waals surface area contributed by atoms with Gasteiger partial charge in [-0.1, -0.05) is 41.1 Å². The molecule has 1 fully saturated rings. The van der Waals surface area contributed by atoms with Gasteiger partial charge in [0.25, 0.3) is 11.8 Å². The van der Waals surface area contributed by atoms with Crippen molar-refractivity contribution < 1.29 is 28.6 Å². The van der Waals surface area contributed by atoms with Gasteiger partial charge >= 0.3 is 6.03 Å². The van der Waals surface area contributed by atoms with Crippen LogP contribution >= 0.6 is 47.8 Å². The van der Waals surface area contributed by atoms with Crippen LogP contribution in [0.3, 0.4) is 0 Å². The van der Waals surface area contributed by atoms with E-state index in [1.54, 1.807) is 30.3 Å². The number of hydrogen-bond donors (Lipinski definition) is 1. The van der Waals surface area contributed by atoms with Crippen molar-refractivity contribution >= 4 is 71.7 Å². The third-order valence-electron chi connectivity index (χ3n) is 5.84. The van der Waals surface area contributed by atoms with Crippen LogP contribution < -0.4 is 19.5 Å². The number of nitrogens with one attached hydrogen (secondary N) is 1. The molecule has 0 unspecified atom stereocenters. The molecule has 1 saturated heterocycles. The number of amides is 4. The second kappa shape index (κ2) is 13.5. The SMILES string of the molecule is CCCOc1ccc(CN2C(=O)NC(=O)/C(=C\c3cc(Br)c(OCc4ccc(Br)cc4)c(Br)c3)C2=O)cc1OC. The Labute approximate surface area is 257 Å². The Bertz CT molecular complexity index is 1450. The number of benzene rings is 3. The standard InChI is InChI=1S/C29H25Br3N2O6/c1-3-10-39-24-9-6-18(14-25(24)38-2)15-34-28(36)21(27(35)33-29(34)37)11-19-12-22(31)26(23(32)13-19)40-16-17-4-7-20(30)8-5-17/h4-9,11-14H,3,10,15-16H2,1-2H3,(H,33,35,37)/b21-11+. The molecule has 4 rings (SSSR count). The quantitative estimate of drug-likeness (QED) is 0.178. The van der Waals surface area contributed by atoms with Crippen LogP contribution in [0.25, 0.3) is 6.08 Å². The molecule has 0 spiro atoms. The molecule has 0 atom stereocenters. The molecule has 0 saturated carbocycles. The number of hydrogen-bond acceptors (Lipinski definition) is 6. The van der Waals surface area contributed by atoms with Crippen LogP contribution in [0.2, 0.25) is 0 Å². The summed E-state index contributed by atoms with van der Waals surface area (Å²) in [5.41, 5.74) is 2.01. The van der Waals surface area contributed by atoms with Crippen LogP contribution in [-0.2, 0) is 22.7 Å². The van der Waals surface area contributed by atoms with Gasteiger partial charge in [0.1, 0.15) is 17.9 Å². The van der Waals surface area contributed by atoms with Crippen molar-refractivity contribution in [2.75, 3.05) is 13.7 Å². The minimum absolute atomic E-state index is 0.0596. The van der Waals surface area contributed by atoms with Gasteiger partial charge in [-0.3, -0.25) is 19.8 Å². The topological polar surface area (TPSA) is 94.2 Å². The summed E-state index contributed by atoms with van der Waals surface area (Å²) < 4.78 is 19.3. The summed E-state index contributed by atoms with van der Waals surface area (Å²) in [6, 6.07) is 15.6. The van der Waals surface area contributed by atoms with Crippen molar-refractivity contribution in [3.05, 3.63) is 90.3 Å². The molecule has 1 heterocycles. The Morgan fingerprint density at radius 1 is 0.875 bits per heavy atom. The number of carbonyl (C=O) groups is 3. The molecule has 0 radical (unpaired) electrons. The summed E-state index contributed by atoms with van der Waals surface area (Å²) in [4.78, 5) is 39.5. The molecule has 11 heteroatoms. The molecule has 4 amide bonds. The average Bonchev–Trinajstić information content (AvgIpc) is 2.93. The van der Waals surface area contributed by atoms with Gasteiger partial charge in [-0.15, -0.1) is 0 Å². The van der Waals surface area contributed by atoms with E-state index in [0.29, 0.717) is 50.5 Å². The van der Waals surface area contributed by atoms with Crippen LogP contribution in [0.15, 0.2) is 73.6 Å². The first-order valence-corrected chi connectivity index (χ1v) is 14.6. The molecule has 1 aliphatic heterocycles. The lowest BCUT2D eigenvalue weighted by Gasteiger charge is -2.26. The number of imide groups is 2. The fraction of sp³-hybridized carbons (Fsp3) is 0.207. The van der Waals surface area contributed by atoms with Crippen molar-refractivity contribution in [1.29, 1.82) is 0 Å². The molecule has 8 nitrogen and oxygen atoms in total. The smallest absolute Gasteiger partial charge is 0.331 e. The van der Waals surface area contributed by atoms with E-state index in [0.717, 1.165) is 21.4 Å². The molecule has 0 aliphatic carbocycles. The maximum Gasteiger partial charge on any atom is 0.331 e. The van der Waals surface area contributed by atoms with Crippen molar-refractivity contribution in [1.82, 2.24) is 10.2 Å². The lowest BCUT2D eigenvalue weighted by atomic mass is 10.1. The third kappa shape index (κ3) is 7.13. The van der Waals surface area contributed by atoms with E-state index in [1.165, 1.54) is 13.2 Å². The number of methoxy groups -OCH3 is 1. The Morgan fingerprint density at radius 3 is 2.20 bits per heavy atom. The number of barbiturate groups is 1. The fourth-order valence-corrected chi connectivity index (χ4v) is 5.58. The van der Waals surface area contributed by atoms with E-state index in [2.05, 4.69) is 53.1 Å². The summed E-state index contributed by atoms with van der Waals surface area (Å²) in [6.45, 7) is 2.82. The highest BCUT2D eigenvalue weighted by atomic mass is 79.9. The van der Waals surface area contributed by atoms with Gasteiger partial charge in [0.15, 0.2) is 11.5 Å². The van der Waals surface area contributed by atoms with Crippen LogP contribution in [0, 0.1) is 0 Å². The van der Waals surface area contributed by atoms with E-state index >= 15 is 0 Å². The highest BCUT2D eigenvalue weighted by Crippen LogP contribution is 2.36. The molecule has 1 N–H and O–H groups in total. The molecule has 208 valence electrons. The predicted octanol–water partition coefficient (Wildman–Crippen LogP) is 7.01. The van der Waals surface area contributed by atoms with Crippen molar-refractivity contribution in [2.24, 2.45) is 0 Å². The normalized spacial score (nSPS) is 14.4. The Morgan fingerprint density at radius 2 is 1.55 bits per heavy atom. The lowest BCUT2D eigenvalue weighted by Crippen LogP contribution is -2.53. The zero-order valence-electron chi connectivity index (χ0n) is 21.6. The minimum Gasteiger partial charge on any atom is -0.493 e. The van der Waals surface area contributed by atoms with Crippen molar-refractivity contribution in [3.8, 4) is 17.2 Å². The van der Waals surface area contributed by atoms with Gasteiger partial charge in [-0.25, -0.2) is 4.79 Å². The minimum atomic E-state index is -0.795. The summed E-state index contributed by atoms with van der Waals surface area (Å²) >= 11 is 10.4. The maximum atomic E-state index is 13.3. The van der Waals surface area contributed by atoms with Gasteiger partial charge in [0.05, 0.1) is 29.2 Å². The Hall–Kier alpha value is -3.15. The molecule has 1 aliphatic rings. The number of halogens is 3. The first kappa shape index (κ1) is 29.8. The van der Waals surface area contributed by atoms with E-state index in [4.69, 9.17) is 14.2 Å². The van der Waals surface area contributed by atoms with Gasteiger partial charge in [0.2, 0.25) is 0 Å². The van der Waals surface area contributed by atoms with Crippen molar-refractivity contribution in [2.45, 2.75) is 26.5 Å². The van der Waals surface area contributed by atoms with E-state index < -0.39 is 17.8 Å². The number of carbonyl (C=O) groups excluding carboxylic acids is 3. The molecule has 0 bridgehead atoms. The van der Waals surface area contributed by atoms with Gasteiger partial charge in [-0.05, 0) is 97.4 Å². The predicted molar refractivity (Wildman–Crippen MR) is 161 cm³/mol. The van der Waals surface area contributed by atoms with E-state index in [9.17, 15) is 14.4 Å². The highest BCUT2D eigenvalue weighted by Gasteiger charge is 2.36. The maximum absolute atomic E-state index is 13.3. The zero-order valence-corrected chi connectivity index (χ0v) is 26.4. The molecule has 3 aromatic rings. The van der Waals surface area contributed by atoms with Gasteiger partial charge < -0.3 is 14.2 Å². The summed E-state index contributed by atoms with van der Waals surface area (Å²) in [5, 5.41) is 2.25. The Kier molecular flexibility index (Phi) is 10.0. The van der Waals surface area contributed by atoms with E-state index in [1.807, 2.05) is 31.2 Å². The van der Waals surface area contributed by atoms with E-state index in [-0.39, 0.29) is 12.1 Å². The van der Waals surface area contributed by atoms with Crippen molar-refractivity contribution in [3.63, 3.8) is 0 Å². The third-order valence-corrected chi connectivity index (χ3v) is 7.55. The molecular formula is C29H25Br3N2O6. The van der Waals surface area contributed by atoms with Gasteiger partial charge in [0, 0.05) is 4.47 Å². The average molecular weight is 737 g/mol. The zero-order chi connectivity index (χ0) is 28.8. The number of rotatable bonds is 10. The largest absolute Gasteiger partial charge is 0.493 e. The molecule has 40 heavy (non-hydrogen) atoms. The second-order valence-corrected chi connectivity index (χ2v) is 11.4. The van der Waals surface area contributed by atoms with Crippen LogP contribution in [0.5, 0.6) is 17.2 Å². The van der Waals surface area contributed by atoms with Gasteiger partial charge in [-0.2, -0.15) is 0 Å². The van der Waals surface area contributed by atoms with Crippen LogP contribution in [0.1, 0.15) is 30.0 Å². The highest BCUT2D eigenvalue weighted by molar-refractivity contribution is 9.11. The first-order chi connectivity index (χ1) is 19.2. The summed E-state index contributed by atoms with van der Waals surface area (Å²) in [7, 11) is 1.52. The number of ether oxygens (including phenoxy) is 3. The molecular weight excluding hydrogens is 712 g/mol. The summed E-state index contributed by atoms with van der Waals surface area (Å²) in [6.07, 6.45) is 2.28. The lowest BCUT2D eigenvalue weighted by molar-refractivity contribution is -0.130. The molecule has 0 aromatic heterocycles. The first-order valence-electron chi connectivity index (χ1n) is 12.2. The summed E-state index contributed by atoms with van der Waals surface area (Å²) in [5.74, 6) is 0.150. The number of urea groups is 1. The fourth-order valence-electron chi connectivity index (χ4n) is 3.87. The molecule has 3 aromatic carbocycles.